The highest BCUT2D eigenvalue weighted by Crippen LogP contribution is 2.40. The molecule has 4 atom stereocenters. The second-order valence-electron chi connectivity index (χ2n) is 5.82. The highest BCUT2D eigenvalue weighted by molar-refractivity contribution is 7.80. The van der Waals surface area contributed by atoms with Crippen molar-refractivity contribution in [2.24, 2.45) is 10.8 Å². The van der Waals surface area contributed by atoms with Crippen LogP contribution in [0, 0.1) is 0 Å². The van der Waals surface area contributed by atoms with Crippen LogP contribution in [0.2, 0.25) is 15.2 Å². The van der Waals surface area contributed by atoms with Crippen LogP contribution in [-0.2, 0) is 4.74 Å². The van der Waals surface area contributed by atoms with Gasteiger partial charge in [0.05, 0.1) is 28.4 Å². The molecule has 1 saturated heterocycles. The molecule has 1 aromatic carbocycles. The van der Waals surface area contributed by atoms with E-state index in [-0.39, 0.29) is 20.3 Å². The zero-order valence-electron chi connectivity index (χ0n) is 13.5. The summed E-state index contributed by atoms with van der Waals surface area (Å²) in [5.41, 5.74) is 8.69. The average molecular weight is 454 g/mol. The number of benzene rings is 1. The van der Waals surface area contributed by atoms with Gasteiger partial charge in [-0.15, -0.1) is 0 Å². The first kappa shape index (κ1) is 20.6. The van der Waals surface area contributed by atoms with Gasteiger partial charge in [0.25, 0.3) is 0 Å². The van der Waals surface area contributed by atoms with E-state index < -0.39 is 31.1 Å². The van der Waals surface area contributed by atoms with Crippen molar-refractivity contribution in [3.63, 3.8) is 0 Å². The lowest BCUT2D eigenvalue weighted by molar-refractivity contribution is -0.0505. The maximum atomic E-state index is 10.4. The van der Waals surface area contributed by atoms with Gasteiger partial charge in [-0.2, -0.15) is 5.10 Å². The Morgan fingerprint density at radius 2 is 1.96 bits per heavy atom. The predicted octanol–water partition coefficient (Wildman–Crippen LogP) is 1.38. The van der Waals surface area contributed by atoms with Crippen LogP contribution in [0.4, 0.5) is 0 Å². The molecule has 12 heteroatoms. The third-order valence-electron chi connectivity index (χ3n) is 4.16. The molecule has 8 nitrogen and oxygen atoms in total. The number of aliphatic hydroxyl groups is 3. The summed E-state index contributed by atoms with van der Waals surface area (Å²) < 4.78 is 7.04. The van der Waals surface area contributed by atoms with Crippen molar-refractivity contribution in [1.29, 1.82) is 0 Å². The molecule has 0 saturated carbocycles. The molecule has 0 aliphatic carbocycles. The molecule has 27 heavy (non-hydrogen) atoms. The Morgan fingerprint density at radius 3 is 2.56 bits per heavy atom. The summed E-state index contributed by atoms with van der Waals surface area (Å²) in [6.07, 6.45) is -3.26. The van der Waals surface area contributed by atoms with Crippen LogP contribution in [0.25, 0.3) is 10.9 Å². The molecule has 1 aliphatic heterocycles. The van der Waals surface area contributed by atoms with Gasteiger partial charge in [-0.05, 0) is 24.4 Å². The molecule has 0 bridgehead atoms. The summed E-state index contributed by atoms with van der Waals surface area (Å²) in [5.74, 6) is 0. The van der Waals surface area contributed by atoms with Gasteiger partial charge in [-0.25, -0.2) is 0 Å². The minimum Gasteiger partial charge on any atom is -0.394 e. The van der Waals surface area contributed by atoms with Gasteiger partial charge in [0.15, 0.2) is 11.3 Å². The second kappa shape index (κ2) is 8.06. The maximum absolute atomic E-state index is 10.4. The summed E-state index contributed by atoms with van der Waals surface area (Å²) in [6, 6.07) is 3.14. The van der Waals surface area contributed by atoms with Crippen molar-refractivity contribution in [2.45, 2.75) is 24.5 Å². The van der Waals surface area contributed by atoms with E-state index in [0.29, 0.717) is 16.5 Å². The SMILES string of the molecule is NC(=S)N/N=C/c1c(Cl)n(C2O[C@H](CO)[C@@H](O)[C@H]2O)c2cc(Cl)c(Cl)cc12. The van der Waals surface area contributed by atoms with Crippen molar-refractivity contribution in [1.82, 2.24) is 9.99 Å². The number of fused-ring (bicyclic) bond motifs is 1. The third-order valence-corrected chi connectivity index (χ3v) is 5.36. The highest BCUT2D eigenvalue weighted by Gasteiger charge is 2.44. The largest absolute Gasteiger partial charge is 0.394 e. The zero-order valence-corrected chi connectivity index (χ0v) is 16.6. The summed E-state index contributed by atoms with van der Waals surface area (Å²) in [4.78, 5) is 0. The van der Waals surface area contributed by atoms with E-state index in [0.717, 1.165) is 0 Å². The van der Waals surface area contributed by atoms with Crippen LogP contribution >= 0.6 is 47.0 Å². The number of hydrogen-bond donors (Lipinski definition) is 5. The van der Waals surface area contributed by atoms with Crippen LogP contribution in [0.15, 0.2) is 17.2 Å². The summed E-state index contributed by atoms with van der Waals surface area (Å²) in [7, 11) is 0. The normalized spacial score (nSPS) is 25.6. The van der Waals surface area contributed by atoms with Gasteiger partial charge in [-0.3, -0.25) is 5.43 Å². The number of rotatable bonds is 4. The maximum Gasteiger partial charge on any atom is 0.184 e. The number of hydrogen-bond acceptors (Lipinski definition) is 6. The first-order chi connectivity index (χ1) is 12.8. The minimum atomic E-state index is -1.33. The molecule has 1 aromatic heterocycles. The van der Waals surface area contributed by atoms with Crippen molar-refractivity contribution < 1.29 is 20.1 Å². The Bertz CT molecular complexity index is 922. The topological polar surface area (TPSA) is 125 Å². The Morgan fingerprint density at radius 1 is 1.30 bits per heavy atom. The van der Waals surface area contributed by atoms with Crippen LogP contribution in [-0.4, -0.2) is 56.1 Å². The van der Waals surface area contributed by atoms with E-state index in [1.54, 1.807) is 12.1 Å². The molecule has 0 amide bonds. The Balaban J connectivity index is 2.18. The number of nitrogens with one attached hydrogen (secondary N) is 1. The van der Waals surface area contributed by atoms with Crippen LogP contribution < -0.4 is 11.2 Å². The van der Waals surface area contributed by atoms with Gasteiger partial charge >= 0.3 is 0 Å². The third kappa shape index (κ3) is 3.74. The van der Waals surface area contributed by atoms with Gasteiger partial charge in [-0.1, -0.05) is 34.8 Å². The molecule has 2 aromatic rings. The number of hydrazone groups is 1. The molecule has 2 heterocycles. The van der Waals surface area contributed by atoms with E-state index in [9.17, 15) is 15.3 Å². The number of nitrogens with zero attached hydrogens (tertiary/aromatic N) is 2. The van der Waals surface area contributed by atoms with E-state index in [2.05, 4.69) is 10.5 Å². The molecule has 3 rings (SSSR count). The van der Waals surface area contributed by atoms with Gasteiger partial charge in [0.2, 0.25) is 0 Å². The molecule has 6 N–H and O–H groups in total. The van der Waals surface area contributed by atoms with Gasteiger partial charge < -0.3 is 30.4 Å². The van der Waals surface area contributed by atoms with E-state index >= 15 is 0 Å². The number of nitrogens with two attached hydrogens (primary N) is 1. The van der Waals surface area contributed by atoms with Crippen molar-refractivity contribution in [3.05, 3.63) is 32.9 Å². The Hall–Kier alpha value is -1.17. The molecule has 1 unspecified atom stereocenters. The fourth-order valence-electron chi connectivity index (χ4n) is 2.92. The lowest BCUT2D eigenvalue weighted by atomic mass is 10.1. The molecule has 146 valence electrons. The average Bonchev–Trinajstić information content (AvgIpc) is 3.03. The first-order valence-electron chi connectivity index (χ1n) is 7.65. The second-order valence-corrected chi connectivity index (χ2v) is 7.43. The van der Waals surface area contributed by atoms with Crippen LogP contribution in [0.5, 0.6) is 0 Å². The van der Waals surface area contributed by atoms with E-state index in [4.69, 9.17) is 57.5 Å². The van der Waals surface area contributed by atoms with Crippen molar-refractivity contribution in [2.75, 3.05) is 6.61 Å². The van der Waals surface area contributed by atoms with E-state index in [1.165, 1.54) is 10.8 Å². The molecule has 0 spiro atoms. The predicted molar refractivity (Wildman–Crippen MR) is 107 cm³/mol. The van der Waals surface area contributed by atoms with Crippen molar-refractivity contribution in [3.8, 4) is 0 Å². The molecular formula is C15H15Cl3N4O4S. The summed E-state index contributed by atoms with van der Waals surface area (Å²) in [6.45, 7) is -0.468. The summed E-state index contributed by atoms with van der Waals surface area (Å²) >= 11 is 23.5. The van der Waals surface area contributed by atoms with Gasteiger partial charge in [0.1, 0.15) is 23.5 Å². The zero-order chi connectivity index (χ0) is 19.9. The highest BCUT2D eigenvalue weighted by atomic mass is 35.5. The fourth-order valence-corrected chi connectivity index (χ4v) is 3.64. The first-order valence-corrected chi connectivity index (χ1v) is 9.19. The smallest absolute Gasteiger partial charge is 0.184 e. The van der Waals surface area contributed by atoms with Crippen molar-refractivity contribution >= 4 is 69.3 Å². The lowest BCUT2D eigenvalue weighted by Gasteiger charge is -2.19. The molecule has 1 aliphatic rings. The molecule has 1 fully saturated rings. The Labute approximate surface area is 174 Å². The number of ether oxygens (including phenoxy) is 1. The van der Waals surface area contributed by atoms with Gasteiger partial charge in [0, 0.05) is 10.9 Å². The fraction of sp³-hybridized carbons (Fsp3) is 0.333. The van der Waals surface area contributed by atoms with Crippen LogP contribution in [0.1, 0.15) is 11.8 Å². The number of aromatic nitrogens is 1. The number of aliphatic hydroxyl groups excluding tert-OH is 3. The standard InChI is InChI=1S/C15H15Cl3N4O4S/c16-7-1-5-6(3-20-21-15(19)27)13(18)22(9(5)2-8(7)17)14-12(25)11(24)10(4-23)26-14/h1-3,10-12,14,23-25H,4H2,(H3,19,21,27)/b20-3+/t10-,11-,12-,14?/m1/s1. The molecule has 0 radical (unpaired) electrons. The quantitative estimate of drug-likeness (QED) is 0.269. The molecular weight excluding hydrogens is 439 g/mol. The summed E-state index contributed by atoms with van der Waals surface area (Å²) in [5, 5.41) is 34.9. The number of halogens is 3. The number of thiocarbonyl (C=S) groups is 1. The monoisotopic (exact) mass is 452 g/mol. The Kier molecular flexibility index (Phi) is 6.14. The lowest BCUT2D eigenvalue weighted by Crippen LogP contribution is -2.33. The van der Waals surface area contributed by atoms with Crippen LogP contribution in [0.3, 0.4) is 0 Å². The minimum absolute atomic E-state index is 0.0318. The van der Waals surface area contributed by atoms with E-state index in [1.807, 2.05) is 0 Å².